The largest absolute Gasteiger partial charge is 0.260 e. The van der Waals surface area contributed by atoms with Gasteiger partial charge in [0.1, 0.15) is 0 Å². The molecule has 21 heavy (non-hydrogen) atoms. The van der Waals surface area contributed by atoms with Gasteiger partial charge < -0.3 is 0 Å². The second-order valence-corrected chi connectivity index (χ2v) is 7.31. The summed E-state index contributed by atoms with van der Waals surface area (Å²) in [5.74, 6) is 0. The van der Waals surface area contributed by atoms with Crippen LogP contribution in [-0.4, -0.2) is 24.3 Å². The zero-order chi connectivity index (χ0) is 14.9. The highest BCUT2D eigenvalue weighted by Gasteiger charge is 2.36. The lowest BCUT2D eigenvalue weighted by Gasteiger charge is -2.23. The summed E-state index contributed by atoms with van der Waals surface area (Å²) in [5, 5.41) is 0.525. The van der Waals surface area contributed by atoms with E-state index in [0.717, 1.165) is 18.5 Å². The second-order valence-electron chi connectivity index (χ2n) is 4.98. The van der Waals surface area contributed by atoms with E-state index in [-0.39, 0.29) is 10.9 Å². The zero-order valence-electron chi connectivity index (χ0n) is 11.3. The van der Waals surface area contributed by atoms with Crippen molar-refractivity contribution in [2.45, 2.75) is 23.8 Å². The van der Waals surface area contributed by atoms with E-state index in [2.05, 4.69) is 4.98 Å². The first-order valence-corrected chi connectivity index (χ1v) is 8.59. The topological polar surface area (TPSA) is 50.3 Å². The van der Waals surface area contributed by atoms with Gasteiger partial charge >= 0.3 is 0 Å². The van der Waals surface area contributed by atoms with E-state index in [9.17, 15) is 8.42 Å². The minimum atomic E-state index is -3.52. The Morgan fingerprint density at radius 2 is 1.90 bits per heavy atom. The predicted molar refractivity (Wildman–Crippen MR) is 81.6 cm³/mol. The highest BCUT2D eigenvalue weighted by atomic mass is 35.5. The third-order valence-corrected chi connectivity index (χ3v) is 5.83. The first kappa shape index (κ1) is 14.5. The molecule has 0 amide bonds. The molecule has 1 aliphatic rings. The molecule has 0 saturated carbocycles. The SMILES string of the molecule is O=S(=O)(c1ccc(Cl)cc1)N1CCCC1c1ccccn1. The van der Waals surface area contributed by atoms with Crippen molar-refractivity contribution in [3.8, 4) is 0 Å². The Hall–Kier alpha value is -1.43. The smallest absolute Gasteiger partial charge is 0.243 e. The van der Waals surface area contributed by atoms with Crippen molar-refractivity contribution in [2.24, 2.45) is 0 Å². The molecule has 2 heterocycles. The lowest BCUT2D eigenvalue weighted by atomic mass is 10.1. The number of benzene rings is 1. The molecule has 110 valence electrons. The van der Waals surface area contributed by atoms with Gasteiger partial charge in [0.2, 0.25) is 10.0 Å². The molecule has 1 atom stereocenters. The maximum atomic E-state index is 12.8. The second kappa shape index (κ2) is 5.75. The Balaban J connectivity index is 1.96. The Morgan fingerprint density at radius 1 is 1.14 bits per heavy atom. The molecule has 0 spiro atoms. The lowest BCUT2D eigenvalue weighted by Crippen LogP contribution is -2.31. The molecule has 6 heteroatoms. The number of hydrogen-bond donors (Lipinski definition) is 0. The van der Waals surface area contributed by atoms with E-state index in [0.29, 0.717) is 11.6 Å². The Labute approximate surface area is 129 Å². The summed E-state index contributed by atoms with van der Waals surface area (Å²) in [6, 6.07) is 11.7. The number of halogens is 1. The van der Waals surface area contributed by atoms with Gasteiger partial charge in [-0.15, -0.1) is 0 Å². The normalized spacial score (nSPS) is 19.8. The third-order valence-electron chi connectivity index (χ3n) is 3.65. The van der Waals surface area contributed by atoms with Crippen molar-refractivity contribution in [3.63, 3.8) is 0 Å². The Bertz CT molecular complexity index is 717. The van der Waals surface area contributed by atoms with Gasteiger partial charge in [-0.25, -0.2) is 8.42 Å². The van der Waals surface area contributed by atoms with E-state index in [1.54, 1.807) is 34.8 Å². The minimum absolute atomic E-state index is 0.188. The van der Waals surface area contributed by atoms with Gasteiger partial charge in [-0.2, -0.15) is 4.31 Å². The number of hydrogen-bond acceptors (Lipinski definition) is 3. The maximum absolute atomic E-state index is 12.8. The molecule has 0 radical (unpaired) electrons. The van der Waals surface area contributed by atoms with Crippen LogP contribution in [0.3, 0.4) is 0 Å². The van der Waals surface area contributed by atoms with E-state index < -0.39 is 10.0 Å². The van der Waals surface area contributed by atoms with Gasteiger partial charge in [0.15, 0.2) is 0 Å². The molecule has 1 aromatic heterocycles. The fraction of sp³-hybridized carbons (Fsp3) is 0.267. The molecular weight excluding hydrogens is 308 g/mol. The van der Waals surface area contributed by atoms with Gasteiger partial charge in [0.25, 0.3) is 0 Å². The van der Waals surface area contributed by atoms with Crippen molar-refractivity contribution in [1.29, 1.82) is 0 Å². The molecule has 0 N–H and O–H groups in total. The molecule has 1 saturated heterocycles. The molecule has 0 aliphatic carbocycles. The van der Waals surface area contributed by atoms with Crippen LogP contribution in [0.15, 0.2) is 53.6 Å². The van der Waals surface area contributed by atoms with Crippen LogP contribution < -0.4 is 0 Å². The summed E-state index contributed by atoms with van der Waals surface area (Å²) in [6.07, 6.45) is 3.33. The fourth-order valence-electron chi connectivity index (χ4n) is 2.64. The predicted octanol–water partition coefficient (Wildman–Crippen LogP) is 3.26. The molecule has 4 nitrogen and oxygen atoms in total. The van der Waals surface area contributed by atoms with Crippen LogP contribution in [0.4, 0.5) is 0 Å². The summed E-state index contributed by atoms with van der Waals surface area (Å²) in [6.45, 7) is 0.520. The molecule has 1 aromatic carbocycles. The van der Waals surface area contributed by atoms with Gasteiger partial charge in [0.05, 0.1) is 16.6 Å². The molecule has 3 rings (SSSR count). The van der Waals surface area contributed by atoms with Crippen molar-refractivity contribution in [1.82, 2.24) is 9.29 Å². The van der Waals surface area contributed by atoms with Crippen LogP contribution in [0.1, 0.15) is 24.6 Å². The standard InChI is InChI=1S/C15H15ClN2O2S/c16-12-6-8-13(9-7-12)21(19,20)18-11-3-5-15(18)14-4-1-2-10-17-14/h1-2,4,6-10,15H,3,5,11H2. The average molecular weight is 323 g/mol. The highest BCUT2D eigenvalue weighted by Crippen LogP contribution is 2.35. The summed E-state index contributed by atoms with van der Waals surface area (Å²) >= 11 is 5.83. The number of aromatic nitrogens is 1. The van der Waals surface area contributed by atoms with E-state index >= 15 is 0 Å². The van der Waals surface area contributed by atoms with Crippen LogP contribution in [0, 0.1) is 0 Å². The van der Waals surface area contributed by atoms with Gasteiger partial charge in [-0.1, -0.05) is 17.7 Å². The number of rotatable bonds is 3. The monoisotopic (exact) mass is 322 g/mol. The van der Waals surface area contributed by atoms with Crippen LogP contribution in [0.25, 0.3) is 0 Å². The molecule has 2 aromatic rings. The van der Waals surface area contributed by atoms with Gasteiger partial charge in [0, 0.05) is 17.8 Å². The zero-order valence-corrected chi connectivity index (χ0v) is 12.9. The van der Waals surface area contributed by atoms with E-state index in [4.69, 9.17) is 11.6 Å². The average Bonchev–Trinajstić information content (AvgIpc) is 2.99. The molecule has 1 fully saturated rings. The van der Waals surface area contributed by atoms with Crippen molar-refractivity contribution < 1.29 is 8.42 Å². The summed E-state index contributed by atoms with van der Waals surface area (Å²) in [5.41, 5.74) is 0.799. The number of nitrogens with zero attached hydrogens (tertiary/aromatic N) is 2. The van der Waals surface area contributed by atoms with Crippen molar-refractivity contribution in [2.75, 3.05) is 6.54 Å². The Morgan fingerprint density at radius 3 is 2.57 bits per heavy atom. The van der Waals surface area contributed by atoms with Gasteiger partial charge in [-0.3, -0.25) is 4.98 Å². The number of pyridine rings is 1. The van der Waals surface area contributed by atoms with Crippen molar-refractivity contribution in [3.05, 3.63) is 59.4 Å². The third kappa shape index (κ3) is 2.81. The molecule has 1 aliphatic heterocycles. The molecule has 1 unspecified atom stereocenters. The lowest BCUT2D eigenvalue weighted by molar-refractivity contribution is 0.390. The molecule has 0 bridgehead atoms. The summed E-state index contributed by atoms with van der Waals surface area (Å²) in [4.78, 5) is 4.58. The minimum Gasteiger partial charge on any atom is -0.260 e. The van der Waals surface area contributed by atoms with Crippen LogP contribution in [0.5, 0.6) is 0 Å². The van der Waals surface area contributed by atoms with E-state index in [1.807, 2.05) is 18.2 Å². The molecular formula is C15H15ClN2O2S. The van der Waals surface area contributed by atoms with Crippen LogP contribution in [-0.2, 0) is 10.0 Å². The number of sulfonamides is 1. The summed E-state index contributed by atoms with van der Waals surface area (Å²) < 4.78 is 27.1. The summed E-state index contributed by atoms with van der Waals surface area (Å²) in [7, 11) is -3.52. The maximum Gasteiger partial charge on any atom is 0.243 e. The highest BCUT2D eigenvalue weighted by molar-refractivity contribution is 7.89. The van der Waals surface area contributed by atoms with E-state index in [1.165, 1.54) is 0 Å². The quantitative estimate of drug-likeness (QED) is 0.871. The Kier molecular flexibility index (Phi) is 3.97. The van der Waals surface area contributed by atoms with Crippen molar-refractivity contribution >= 4 is 21.6 Å². The van der Waals surface area contributed by atoms with Crippen LogP contribution >= 0.6 is 11.6 Å². The van der Waals surface area contributed by atoms with Gasteiger partial charge in [-0.05, 0) is 49.2 Å². The van der Waals surface area contributed by atoms with Crippen LogP contribution in [0.2, 0.25) is 5.02 Å². The fourth-order valence-corrected chi connectivity index (χ4v) is 4.43. The first-order valence-electron chi connectivity index (χ1n) is 6.77. The first-order chi connectivity index (χ1) is 10.1.